The molecule has 4 rings (SSSR count). The summed E-state index contributed by atoms with van der Waals surface area (Å²) >= 11 is 6.20. The largest absolute Gasteiger partial charge is 0.507 e. The number of imidazole rings is 1. The summed E-state index contributed by atoms with van der Waals surface area (Å²) in [7, 11) is 1.45. The van der Waals surface area contributed by atoms with Gasteiger partial charge in [-0.05, 0) is 35.9 Å². The number of hydrogen-bond acceptors (Lipinski definition) is 6. The second-order valence-corrected chi connectivity index (χ2v) is 8.30. The molecule has 3 aromatic rings. The van der Waals surface area contributed by atoms with Crippen molar-refractivity contribution >= 4 is 34.7 Å². The molecule has 0 saturated carbocycles. The predicted octanol–water partition coefficient (Wildman–Crippen LogP) is 3.38. The summed E-state index contributed by atoms with van der Waals surface area (Å²) in [6.45, 7) is 0.818. The molecule has 1 unspecified atom stereocenters. The first kappa shape index (κ1) is 24.0. The number of methoxy groups -OCH3 is 1. The van der Waals surface area contributed by atoms with E-state index in [9.17, 15) is 24.8 Å². The number of aliphatic hydroxyl groups excluding tert-OH is 1. The van der Waals surface area contributed by atoms with Gasteiger partial charge in [-0.1, -0.05) is 11.6 Å². The molecular formula is C24H22ClN4O6+. The number of halogens is 1. The van der Waals surface area contributed by atoms with E-state index in [2.05, 4.69) is 4.98 Å². The molecule has 1 amide bonds. The van der Waals surface area contributed by atoms with Crippen LogP contribution in [0.3, 0.4) is 0 Å². The fourth-order valence-corrected chi connectivity index (χ4v) is 4.35. The lowest BCUT2D eigenvalue weighted by molar-refractivity contribution is -0.695. The maximum Gasteiger partial charge on any atom is 0.295 e. The van der Waals surface area contributed by atoms with Gasteiger partial charge in [-0.15, -0.1) is 0 Å². The van der Waals surface area contributed by atoms with Gasteiger partial charge in [-0.2, -0.15) is 0 Å². The Labute approximate surface area is 205 Å². The molecule has 0 radical (unpaired) electrons. The van der Waals surface area contributed by atoms with Gasteiger partial charge >= 0.3 is 0 Å². The molecule has 180 valence electrons. The number of aliphatic hydroxyl groups is 1. The van der Waals surface area contributed by atoms with Crippen LogP contribution in [0.5, 0.6) is 5.75 Å². The summed E-state index contributed by atoms with van der Waals surface area (Å²) < 4.78 is 7.04. The van der Waals surface area contributed by atoms with Gasteiger partial charge in [0.2, 0.25) is 6.33 Å². The molecule has 2 N–H and O–H groups in total. The molecule has 2 heterocycles. The highest BCUT2D eigenvalue weighted by Gasteiger charge is 2.46. The molecule has 0 spiro atoms. The minimum Gasteiger partial charge on any atom is -0.507 e. The van der Waals surface area contributed by atoms with E-state index >= 15 is 0 Å². The number of aryl methyl sites for hydroxylation is 1. The third-order valence-electron chi connectivity index (χ3n) is 5.80. The Balaban J connectivity index is 1.75. The first-order valence-electron chi connectivity index (χ1n) is 10.7. The highest BCUT2D eigenvalue weighted by atomic mass is 35.5. The van der Waals surface area contributed by atoms with E-state index < -0.39 is 28.4 Å². The van der Waals surface area contributed by atoms with E-state index in [-0.39, 0.29) is 28.4 Å². The van der Waals surface area contributed by atoms with Gasteiger partial charge in [0, 0.05) is 30.7 Å². The van der Waals surface area contributed by atoms with Gasteiger partial charge in [0.05, 0.1) is 35.2 Å². The van der Waals surface area contributed by atoms with E-state index in [1.807, 2.05) is 10.8 Å². The number of likely N-dealkylation sites (tertiary alicyclic amines) is 1. The van der Waals surface area contributed by atoms with Crippen molar-refractivity contribution in [2.24, 2.45) is 0 Å². The van der Waals surface area contributed by atoms with Gasteiger partial charge < -0.3 is 14.7 Å². The molecule has 1 fully saturated rings. The average molecular weight is 498 g/mol. The number of non-ortho nitro benzene ring substituents is 1. The number of nitro benzene ring substituents is 1. The van der Waals surface area contributed by atoms with Crippen LogP contribution >= 0.6 is 11.6 Å². The molecule has 1 atom stereocenters. The number of ether oxygens (including phenoxy) is 1. The van der Waals surface area contributed by atoms with Crippen LogP contribution in [-0.2, 0) is 16.1 Å². The average Bonchev–Trinajstić information content (AvgIpc) is 3.46. The number of nitrogens with zero attached hydrogens (tertiary/aromatic N) is 3. The summed E-state index contributed by atoms with van der Waals surface area (Å²) in [4.78, 5) is 41.0. The monoisotopic (exact) mass is 497 g/mol. The zero-order chi connectivity index (χ0) is 25.1. The smallest absolute Gasteiger partial charge is 0.295 e. The lowest BCUT2D eigenvalue weighted by Crippen LogP contribution is -2.36. The van der Waals surface area contributed by atoms with Crippen LogP contribution in [0.4, 0.5) is 5.69 Å². The molecular weight excluding hydrogens is 476 g/mol. The van der Waals surface area contributed by atoms with E-state index in [0.29, 0.717) is 24.3 Å². The molecule has 0 aliphatic carbocycles. The summed E-state index contributed by atoms with van der Waals surface area (Å²) in [5.41, 5.74) is 0.463. The van der Waals surface area contributed by atoms with Crippen LogP contribution in [-0.4, -0.2) is 45.3 Å². The second-order valence-electron chi connectivity index (χ2n) is 7.89. The normalized spacial score (nSPS) is 17.1. The highest BCUT2D eigenvalue weighted by Crippen LogP contribution is 2.40. The molecule has 2 aromatic carbocycles. The summed E-state index contributed by atoms with van der Waals surface area (Å²) in [6, 6.07) is 9.16. The van der Waals surface area contributed by atoms with Crippen LogP contribution in [0, 0.1) is 10.1 Å². The Kier molecular flexibility index (Phi) is 6.83. The lowest BCUT2D eigenvalue weighted by Gasteiger charge is -2.25. The van der Waals surface area contributed by atoms with Gasteiger partial charge in [-0.25, -0.2) is 4.57 Å². The van der Waals surface area contributed by atoms with Gasteiger partial charge in [0.25, 0.3) is 17.4 Å². The molecule has 11 heteroatoms. The number of hydrogen-bond donors (Lipinski definition) is 2. The Morgan fingerprint density at radius 1 is 1.26 bits per heavy atom. The Hall–Kier alpha value is -4.18. The van der Waals surface area contributed by atoms with Crippen molar-refractivity contribution in [2.75, 3.05) is 13.7 Å². The van der Waals surface area contributed by atoms with Crippen molar-refractivity contribution in [3.8, 4) is 5.75 Å². The van der Waals surface area contributed by atoms with E-state index in [0.717, 1.165) is 0 Å². The lowest BCUT2D eigenvalue weighted by atomic mass is 9.95. The summed E-state index contributed by atoms with van der Waals surface area (Å²) in [5, 5.41) is 22.5. The molecule has 35 heavy (non-hydrogen) atoms. The van der Waals surface area contributed by atoms with Crippen molar-refractivity contribution in [3.05, 3.63) is 93.0 Å². The van der Waals surface area contributed by atoms with Crippen LogP contribution in [0.15, 0.2) is 66.8 Å². The molecule has 0 bridgehead atoms. The fraction of sp³-hybridized carbons (Fsp3) is 0.208. The standard InChI is InChI=1S/C24H21ClN4O6/c1-35-19-8-5-16(13-18(19)25)22(30)20-21(15-3-6-17(7-4-15)29(33)34)28(24(32)23(20)31)11-2-10-27-12-9-26-14-27/h3-9,12-14,21H,2,10-11H2,1H3,(H,30,31)/p+1. The van der Waals surface area contributed by atoms with E-state index in [1.54, 1.807) is 18.6 Å². The van der Waals surface area contributed by atoms with Crippen LogP contribution in [0.1, 0.15) is 23.6 Å². The second kappa shape index (κ2) is 9.98. The topological polar surface area (TPSA) is 130 Å². The van der Waals surface area contributed by atoms with Crippen LogP contribution in [0.2, 0.25) is 5.02 Å². The minimum absolute atomic E-state index is 0.112. The number of carbonyl (C=O) groups is 2. The number of carbonyl (C=O) groups excluding carboxylic acids is 2. The minimum atomic E-state index is -0.923. The number of benzene rings is 2. The number of Topliss-reactive ketones (excluding diaryl/α,β-unsaturated/α-hetero) is 1. The Morgan fingerprint density at radius 2 is 2.00 bits per heavy atom. The number of H-pyrrole nitrogens is 1. The summed E-state index contributed by atoms with van der Waals surface area (Å²) in [6.07, 6.45) is 5.92. The number of amides is 1. The van der Waals surface area contributed by atoms with E-state index in [4.69, 9.17) is 16.3 Å². The number of aromatic nitrogens is 2. The molecule has 1 saturated heterocycles. The fourth-order valence-electron chi connectivity index (χ4n) is 4.09. The van der Waals surface area contributed by atoms with Crippen molar-refractivity contribution in [2.45, 2.75) is 19.0 Å². The van der Waals surface area contributed by atoms with Crippen molar-refractivity contribution < 1.29 is 28.9 Å². The Bertz CT molecular complexity index is 1300. The third kappa shape index (κ3) is 4.73. The van der Waals surface area contributed by atoms with E-state index in [1.165, 1.54) is 48.4 Å². The maximum absolute atomic E-state index is 13.1. The Morgan fingerprint density at radius 3 is 2.60 bits per heavy atom. The first-order valence-corrected chi connectivity index (χ1v) is 11.1. The SMILES string of the molecule is COc1ccc(C(O)=C2C(=O)C(=O)N(CCC[n+]3cc[nH]c3)C2c2ccc([N+](=O)[O-])cc2)cc1Cl. The number of aromatic amines is 1. The number of nitro groups is 1. The van der Waals surface area contributed by atoms with Gasteiger partial charge in [-0.3, -0.25) is 24.7 Å². The van der Waals surface area contributed by atoms with Gasteiger partial charge in [0.1, 0.15) is 23.9 Å². The number of nitrogens with one attached hydrogen (secondary N) is 1. The highest BCUT2D eigenvalue weighted by molar-refractivity contribution is 6.46. The predicted molar refractivity (Wildman–Crippen MR) is 126 cm³/mol. The molecule has 10 nitrogen and oxygen atoms in total. The van der Waals surface area contributed by atoms with Crippen molar-refractivity contribution in [1.82, 2.24) is 9.88 Å². The zero-order valence-corrected chi connectivity index (χ0v) is 19.4. The summed E-state index contributed by atoms with van der Waals surface area (Å²) in [5.74, 6) is -1.60. The zero-order valence-electron chi connectivity index (χ0n) is 18.7. The maximum atomic E-state index is 13.1. The molecule has 1 aromatic heterocycles. The van der Waals surface area contributed by atoms with Gasteiger partial charge in [0.15, 0.2) is 0 Å². The molecule has 1 aliphatic heterocycles. The first-order chi connectivity index (χ1) is 16.8. The van der Waals surface area contributed by atoms with Crippen LogP contribution < -0.4 is 9.30 Å². The number of rotatable bonds is 8. The molecule has 1 aliphatic rings. The quantitative estimate of drug-likeness (QED) is 0.122. The number of ketones is 1. The van der Waals surface area contributed by atoms with Crippen molar-refractivity contribution in [1.29, 1.82) is 0 Å². The van der Waals surface area contributed by atoms with Crippen molar-refractivity contribution in [3.63, 3.8) is 0 Å². The van der Waals surface area contributed by atoms with Crippen LogP contribution in [0.25, 0.3) is 5.76 Å². The third-order valence-corrected chi connectivity index (χ3v) is 6.10.